The number of halogens is 3. The average Bonchev–Trinajstić information content (AvgIpc) is 2.73. The number of esters is 1. The molecule has 0 atom stereocenters. The van der Waals surface area contributed by atoms with Crippen LogP contribution in [0.1, 0.15) is 11.1 Å². The summed E-state index contributed by atoms with van der Waals surface area (Å²) in [5, 5.41) is 2.41. The first kappa shape index (κ1) is 14.1. The molecule has 20 heavy (non-hydrogen) atoms. The lowest BCUT2D eigenvalue weighted by Crippen LogP contribution is -2.25. The lowest BCUT2D eigenvalue weighted by Gasteiger charge is -2.09. The summed E-state index contributed by atoms with van der Waals surface area (Å²) in [5.74, 6) is -1.06. The van der Waals surface area contributed by atoms with E-state index in [1.807, 2.05) is 0 Å². The van der Waals surface area contributed by atoms with Crippen LogP contribution in [0.25, 0.3) is 0 Å². The van der Waals surface area contributed by atoms with Crippen LogP contribution in [0.2, 0.25) is 0 Å². The molecule has 1 amide bonds. The maximum Gasteiger partial charge on any atom is 0.416 e. The van der Waals surface area contributed by atoms with Crippen molar-refractivity contribution in [2.24, 2.45) is 0 Å². The van der Waals surface area contributed by atoms with Crippen molar-refractivity contribution in [3.63, 3.8) is 0 Å². The fourth-order valence-corrected chi connectivity index (χ4v) is 1.71. The van der Waals surface area contributed by atoms with Gasteiger partial charge >= 0.3 is 12.1 Å². The molecule has 4 nitrogen and oxygen atoms in total. The first-order chi connectivity index (χ1) is 9.34. The molecule has 1 aliphatic heterocycles. The van der Waals surface area contributed by atoms with Gasteiger partial charge in [0.1, 0.15) is 6.61 Å². The Labute approximate surface area is 112 Å². The molecule has 0 spiro atoms. The Balaban J connectivity index is 2.01. The Morgan fingerprint density at radius 3 is 2.70 bits per heavy atom. The molecular weight excluding hydrogens is 275 g/mol. The zero-order valence-corrected chi connectivity index (χ0v) is 10.2. The van der Waals surface area contributed by atoms with E-state index >= 15 is 0 Å². The average molecular weight is 285 g/mol. The highest BCUT2D eigenvalue weighted by atomic mass is 19.4. The first-order valence-corrected chi connectivity index (χ1v) is 5.68. The minimum Gasteiger partial charge on any atom is -0.456 e. The second-order valence-corrected chi connectivity index (χ2v) is 4.20. The van der Waals surface area contributed by atoms with Gasteiger partial charge in [-0.25, -0.2) is 4.79 Å². The Bertz CT molecular complexity index is 578. The van der Waals surface area contributed by atoms with Crippen molar-refractivity contribution in [2.75, 3.05) is 6.61 Å². The highest BCUT2D eigenvalue weighted by Gasteiger charge is 2.30. The monoisotopic (exact) mass is 285 g/mol. The maximum absolute atomic E-state index is 12.5. The van der Waals surface area contributed by atoms with Crippen molar-refractivity contribution >= 4 is 11.9 Å². The highest BCUT2D eigenvalue weighted by Crippen LogP contribution is 2.29. The molecule has 1 aromatic rings. The summed E-state index contributed by atoms with van der Waals surface area (Å²) in [6.45, 7) is -0.0346. The summed E-state index contributed by atoms with van der Waals surface area (Å²) in [7, 11) is 0. The molecule has 1 heterocycles. The molecule has 0 fully saturated rings. The molecule has 0 unspecified atom stereocenters. The molecule has 0 radical (unpaired) electrons. The predicted octanol–water partition coefficient (Wildman–Crippen LogP) is 1.80. The fourth-order valence-electron chi connectivity index (χ4n) is 1.71. The quantitative estimate of drug-likeness (QED) is 0.862. The molecule has 106 valence electrons. The van der Waals surface area contributed by atoms with Gasteiger partial charge in [-0.05, 0) is 11.6 Å². The molecule has 1 N–H and O–H groups in total. The summed E-state index contributed by atoms with van der Waals surface area (Å²) in [5.41, 5.74) is -0.267. The Morgan fingerprint density at radius 2 is 2.10 bits per heavy atom. The van der Waals surface area contributed by atoms with Gasteiger partial charge in [-0.2, -0.15) is 13.2 Å². The number of benzene rings is 1. The van der Waals surface area contributed by atoms with E-state index in [1.165, 1.54) is 12.1 Å². The summed E-state index contributed by atoms with van der Waals surface area (Å²) in [4.78, 5) is 22.4. The SMILES string of the molecule is O=C(Cc1cccc(C(F)(F)F)c1)NC1=CC(=O)OC1. The Hall–Kier alpha value is -2.31. The van der Waals surface area contributed by atoms with Crippen molar-refractivity contribution in [2.45, 2.75) is 12.6 Å². The normalized spacial score (nSPS) is 14.8. The number of carbonyl (C=O) groups is 2. The van der Waals surface area contributed by atoms with Gasteiger partial charge in [0.25, 0.3) is 0 Å². The number of alkyl halides is 3. The third kappa shape index (κ3) is 3.59. The van der Waals surface area contributed by atoms with Crippen LogP contribution in [0.3, 0.4) is 0 Å². The van der Waals surface area contributed by atoms with Crippen LogP contribution in [0.4, 0.5) is 13.2 Å². The minimum absolute atomic E-state index is 0.0346. The van der Waals surface area contributed by atoms with Crippen LogP contribution in [0, 0.1) is 0 Å². The smallest absolute Gasteiger partial charge is 0.416 e. The van der Waals surface area contributed by atoms with Crippen molar-refractivity contribution in [3.05, 3.63) is 47.2 Å². The maximum atomic E-state index is 12.5. The topological polar surface area (TPSA) is 55.4 Å². The lowest BCUT2D eigenvalue weighted by atomic mass is 10.1. The number of carbonyl (C=O) groups excluding carboxylic acids is 2. The van der Waals surface area contributed by atoms with Gasteiger partial charge in [0.05, 0.1) is 17.7 Å². The highest BCUT2D eigenvalue weighted by molar-refractivity contribution is 5.88. The first-order valence-electron chi connectivity index (χ1n) is 5.68. The van der Waals surface area contributed by atoms with Gasteiger partial charge in [0.15, 0.2) is 0 Å². The molecule has 7 heteroatoms. The molecule has 0 bridgehead atoms. The van der Waals surface area contributed by atoms with Gasteiger partial charge in [-0.1, -0.05) is 18.2 Å². The minimum atomic E-state index is -4.44. The second kappa shape index (κ2) is 5.36. The van der Waals surface area contributed by atoms with Gasteiger partial charge in [0.2, 0.25) is 5.91 Å². The summed E-state index contributed by atoms with van der Waals surface area (Å²) < 4.78 is 42.1. The number of cyclic esters (lactones) is 1. The number of ether oxygens (including phenoxy) is 1. The van der Waals surface area contributed by atoms with Crippen LogP contribution < -0.4 is 5.32 Å². The third-order valence-corrected chi connectivity index (χ3v) is 2.58. The molecule has 1 aliphatic rings. The standard InChI is InChI=1S/C13H10F3NO3/c14-13(15,16)9-3-1-2-8(4-9)5-11(18)17-10-6-12(19)20-7-10/h1-4,6H,5,7H2,(H,17,18). The second-order valence-electron chi connectivity index (χ2n) is 4.20. The molecule has 0 saturated carbocycles. The number of nitrogens with one attached hydrogen (secondary N) is 1. The molecular formula is C13H10F3NO3. The zero-order chi connectivity index (χ0) is 14.8. The van der Waals surface area contributed by atoms with Gasteiger partial charge < -0.3 is 10.1 Å². The zero-order valence-electron chi connectivity index (χ0n) is 10.2. The molecule has 1 aromatic carbocycles. The molecule has 0 aromatic heterocycles. The van der Waals surface area contributed by atoms with Crippen LogP contribution in [-0.2, 0) is 26.9 Å². The van der Waals surface area contributed by atoms with Crippen molar-refractivity contribution in [3.8, 4) is 0 Å². The van der Waals surface area contributed by atoms with Crippen molar-refractivity contribution in [1.82, 2.24) is 5.32 Å². The Kier molecular flexibility index (Phi) is 3.78. The van der Waals surface area contributed by atoms with Crippen molar-refractivity contribution in [1.29, 1.82) is 0 Å². The summed E-state index contributed by atoms with van der Waals surface area (Å²) >= 11 is 0. The lowest BCUT2D eigenvalue weighted by molar-refractivity contribution is -0.137. The van der Waals surface area contributed by atoms with E-state index in [4.69, 9.17) is 0 Å². The number of hydrogen-bond donors (Lipinski definition) is 1. The summed E-state index contributed by atoms with van der Waals surface area (Å²) in [6, 6.07) is 4.53. The van der Waals surface area contributed by atoms with E-state index in [0.717, 1.165) is 18.2 Å². The number of hydrogen-bond acceptors (Lipinski definition) is 3. The Morgan fingerprint density at radius 1 is 1.35 bits per heavy atom. The van der Waals surface area contributed by atoms with E-state index in [1.54, 1.807) is 0 Å². The van der Waals surface area contributed by atoms with Crippen LogP contribution in [0.15, 0.2) is 36.0 Å². The predicted molar refractivity (Wildman–Crippen MR) is 62.3 cm³/mol. The number of rotatable bonds is 3. The van der Waals surface area contributed by atoms with E-state index in [2.05, 4.69) is 10.1 Å². The van der Waals surface area contributed by atoms with Gasteiger partial charge in [-0.3, -0.25) is 4.79 Å². The van der Waals surface area contributed by atoms with Crippen molar-refractivity contribution < 1.29 is 27.5 Å². The largest absolute Gasteiger partial charge is 0.456 e. The van der Waals surface area contributed by atoms with E-state index in [0.29, 0.717) is 5.70 Å². The van der Waals surface area contributed by atoms with E-state index in [9.17, 15) is 22.8 Å². The van der Waals surface area contributed by atoms with Gasteiger partial charge in [0, 0.05) is 6.08 Å². The van der Waals surface area contributed by atoms with E-state index in [-0.39, 0.29) is 18.6 Å². The van der Waals surface area contributed by atoms with E-state index < -0.39 is 23.6 Å². The van der Waals surface area contributed by atoms with Gasteiger partial charge in [-0.15, -0.1) is 0 Å². The fraction of sp³-hybridized carbons (Fsp3) is 0.231. The van der Waals surface area contributed by atoms with Crippen LogP contribution in [-0.4, -0.2) is 18.5 Å². The summed E-state index contributed by atoms with van der Waals surface area (Å²) in [6.07, 6.45) is -3.53. The molecule has 2 rings (SSSR count). The van der Waals surface area contributed by atoms with Crippen LogP contribution >= 0.6 is 0 Å². The molecule has 0 aliphatic carbocycles. The van der Waals surface area contributed by atoms with Crippen LogP contribution in [0.5, 0.6) is 0 Å². The number of amides is 1. The third-order valence-electron chi connectivity index (χ3n) is 2.58. The molecule has 0 saturated heterocycles.